The third kappa shape index (κ3) is 1.49. The molecule has 0 radical (unpaired) electrons. The Hall–Kier alpha value is -1.75. The molecule has 5 heteroatoms. The third-order valence-corrected chi connectivity index (χ3v) is 2.65. The summed E-state index contributed by atoms with van der Waals surface area (Å²) in [6.07, 6.45) is 1.43. The number of hydrogen-bond donors (Lipinski definition) is 0. The van der Waals surface area contributed by atoms with Crippen LogP contribution in [0.1, 0.15) is 0 Å². The fraction of sp³-hybridized carbons (Fsp3) is 0. The van der Waals surface area contributed by atoms with E-state index in [1.807, 2.05) is 17.5 Å². The molecule has 0 atom stereocenters. The van der Waals surface area contributed by atoms with E-state index in [1.165, 1.54) is 17.5 Å². The van der Waals surface area contributed by atoms with Gasteiger partial charge >= 0.3 is 5.82 Å². The Kier molecular flexibility index (Phi) is 2.24. The zero-order chi connectivity index (χ0) is 9.97. The number of nitro groups is 1. The van der Waals surface area contributed by atoms with E-state index in [4.69, 9.17) is 0 Å². The Balaban J connectivity index is 2.58. The average molecular weight is 206 g/mol. The summed E-state index contributed by atoms with van der Waals surface area (Å²) in [5.74, 6) is -0.0880. The van der Waals surface area contributed by atoms with E-state index >= 15 is 0 Å². The fourth-order valence-corrected chi connectivity index (χ4v) is 1.91. The van der Waals surface area contributed by atoms with Gasteiger partial charge in [-0.15, -0.1) is 11.3 Å². The summed E-state index contributed by atoms with van der Waals surface area (Å²) in [7, 11) is 0. The van der Waals surface area contributed by atoms with Crippen LogP contribution in [0.25, 0.3) is 10.4 Å². The second-order valence-electron chi connectivity index (χ2n) is 2.61. The highest BCUT2D eigenvalue weighted by Crippen LogP contribution is 2.30. The molecular weight excluding hydrogens is 200 g/mol. The van der Waals surface area contributed by atoms with Gasteiger partial charge in [0.1, 0.15) is 6.20 Å². The maximum absolute atomic E-state index is 10.7. The standard InChI is InChI=1S/C9H6N2O2S/c12-11(13)9-7(3-1-5-10-9)8-4-2-6-14-8/h1-6H. The quantitative estimate of drug-likeness (QED) is 0.560. The van der Waals surface area contributed by atoms with Crippen molar-refractivity contribution in [2.45, 2.75) is 0 Å². The van der Waals surface area contributed by atoms with Gasteiger partial charge in [0.05, 0.1) is 5.56 Å². The van der Waals surface area contributed by atoms with Gasteiger partial charge in [-0.25, -0.2) is 0 Å². The lowest BCUT2D eigenvalue weighted by Crippen LogP contribution is -1.93. The molecule has 0 saturated carbocycles. The fourth-order valence-electron chi connectivity index (χ4n) is 1.17. The van der Waals surface area contributed by atoms with Crippen LogP contribution in [-0.4, -0.2) is 9.91 Å². The van der Waals surface area contributed by atoms with Crippen molar-refractivity contribution in [2.24, 2.45) is 0 Å². The van der Waals surface area contributed by atoms with E-state index < -0.39 is 4.92 Å². The molecule has 0 aromatic carbocycles. The maximum Gasteiger partial charge on any atom is 0.372 e. The molecule has 0 unspecified atom stereocenters. The first-order valence-corrected chi connectivity index (χ1v) is 4.80. The predicted octanol–water partition coefficient (Wildman–Crippen LogP) is 2.72. The smallest absolute Gasteiger partial charge is 0.358 e. The van der Waals surface area contributed by atoms with Crippen LogP contribution in [0.2, 0.25) is 0 Å². The monoisotopic (exact) mass is 206 g/mol. The summed E-state index contributed by atoms with van der Waals surface area (Å²) >= 11 is 1.46. The lowest BCUT2D eigenvalue weighted by Gasteiger charge is -1.97. The van der Waals surface area contributed by atoms with Crippen molar-refractivity contribution < 1.29 is 4.92 Å². The van der Waals surface area contributed by atoms with Gasteiger partial charge in [-0.3, -0.25) is 0 Å². The molecule has 0 N–H and O–H groups in total. The van der Waals surface area contributed by atoms with Gasteiger partial charge in [0.15, 0.2) is 0 Å². The van der Waals surface area contributed by atoms with Crippen molar-refractivity contribution in [3.8, 4) is 10.4 Å². The molecule has 2 heterocycles. The van der Waals surface area contributed by atoms with E-state index in [9.17, 15) is 10.1 Å². The molecule has 0 amide bonds. The summed E-state index contributed by atoms with van der Waals surface area (Å²) in [6.45, 7) is 0. The van der Waals surface area contributed by atoms with Gasteiger partial charge in [-0.2, -0.15) is 0 Å². The summed E-state index contributed by atoms with van der Waals surface area (Å²) < 4.78 is 0. The normalized spacial score (nSPS) is 10.0. The second-order valence-corrected chi connectivity index (χ2v) is 3.56. The SMILES string of the molecule is O=[N+]([O-])c1ncccc1-c1cccs1. The molecular formula is C9H6N2O2S. The van der Waals surface area contributed by atoms with Crippen LogP contribution >= 0.6 is 11.3 Å². The van der Waals surface area contributed by atoms with E-state index in [-0.39, 0.29) is 5.82 Å². The van der Waals surface area contributed by atoms with E-state index in [2.05, 4.69) is 4.98 Å². The van der Waals surface area contributed by atoms with Gasteiger partial charge in [0.25, 0.3) is 0 Å². The number of rotatable bonds is 2. The first-order chi connectivity index (χ1) is 6.79. The average Bonchev–Trinajstić information content (AvgIpc) is 2.70. The highest BCUT2D eigenvalue weighted by Gasteiger charge is 2.15. The zero-order valence-corrected chi connectivity index (χ0v) is 7.90. The minimum Gasteiger partial charge on any atom is -0.358 e. The van der Waals surface area contributed by atoms with Crippen LogP contribution in [0.3, 0.4) is 0 Å². The number of thiophene rings is 1. The molecule has 14 heavy (non-hydrogen) atoms. The molecule has 2 aromatic heterocycles. The lowest BCUT2D eigenvalue weighted by molar-refractivity contribution is -0.388. The topological polar surface area (TPSA) is 56.0 Å². The third-order valence-electron chi connectivity index (χ3n) is 1.75. The predicted molar refractivity (Wildman–Crippen MR) is 54.2 cm³/mol. The van der Waals surface area contributed by atoms with Crippen LogP contribution in [0.4, 0.5) is 5.82 Å². The molecule has 2 rings (SSSR count). The highest BCUT2D eigenvalue weighted by atomic mass is 32.1. The second kappa shape index (κ2) is 3.55. The molecule has 0 aliphatic carbocycles. The van der Waals surface area contributed by atoms with Crippen molar-refractivity contribution in [1.29, 1.82) is 0 Å². The molecule has 70 valence electrons. The Morgan fingerprint density at radius 3 is 2.86 bits per heavy atom. The minimum absolute atomic E-state index is 0.0880. The van der Waals surface area contributed by atoms with Crippen LogP contribution in [-0.2, 0) is 0 Å². The van der Waals surface area contributed by atoms with E-state index in [0.717, 1.165) is 4.88 Å². The number of nitrogens with zero attached hydrogens (tertiary/aromatic N) is 2. The van der Waals surface area contributed by atoms with Crippen LogP contribution in [0, 0.1) is 10.1 Å². The molecule has 0 fully saturated rings. The Morgan fingerprint density at radius 1 is 1.36 bits per heavy atom. The highest BCUT2D eigenvalue weighted by molar-refractivity contribution is 7.13. The zero-order valence-electron chi connectivity index (χ0n) is 7.08. The summed E-state index contributed by atoms with van der Waals surface area (Å²) in [6, 6.07) is 7.10. The largest absolute Gasteiger partial charge is 0.372 e. The molecule has 2 aromatic rings. The van der Waals surface area contributed by atoms with Crippen LogP contribution in [0.15, 0.2) is 35.8 Å². The molecule has 0 saturated heterocycles. The summed E-state index contributed by atoms with van der Waals surface area (Å²) in [5, 5.41) is 12.5. The van der Waals surface area contributed by atoms with Crippen LogP contribution < -0.4 is 0 Å². The van der Waals surface area contributed by atoms with Gasteiger partial charge in [0, 0.05) is 4.88 Å². The van der Waals surface area contributed by atoms with Crippen molar-refractivity contribution >= 4 is 17.2 Å². The first-order valence-electron chi connectivity index (χ1n) is 3.92. The lowest BCUT2D eigenvalue weighted by atomic mass is 10.2. The first kappa shape index (κ1) is 8.83. The van der Waals surface area contributed by atoms with Crippen molar-refractivity contribution in [3.05, 3.63) is 46.0 Å². The summed E-state index contributed by atoms with van der Waals surface area (Å²) in [4.78, 5) is 14.8. The van der Waals surface area contributed by atoms with Gasteiger partial charge < -0.3 is 10.1 Å². The maximum atomic E-state index is 10.7. The Labute approximate surface area is 84.0 Å². The van der Waals surface area contributed by atoms with Crippen molar-refractivity contribution in [2.75, 3.05) is 0 Å². The number of hydrogen-bond acceptors (Lipinski definition) is 4. The van der Waals surface area contributed by atoms with Crippen molar-refractivity contribution in [1.82, 2.24) is 4.98 Å². The molecule has 0 spiro atoms. The van der Waals surface area contributed by atoms with Crippen LogP contribution in [0.5, 0.6) is 0 Å². The van der Waals surface area contributed by atoms with Gasteiger partial charge in [-0.05, 0) is 33.5 Å². The van der Waals surface area contributed by atoms with Gasteiger partial charge in [-0.1, -0.05) is 6.07 Å². The molecule has 0 bridgehead atoms. The Bertz CT molecular complexity index is 454. The number of pyridine rings is 1. The molecule has 4 nitrogen and oxygen atoms in total. The Morgan fingerprint density at radius 2 is 2.21 bits per heavy atom. The van der Waals surface area contributed by atoms with E-state index in [1.54, 1.807) is 12.1 Å². The molecule has 0 aliphatic rings. The summed E-state index contributed by atoms with van der Waals surface area (Å²) in [5.41, 5.74) is 0.576. The minimum atomic E-state index is -0.463. The van der Waals surface area contributed by atoms with E-state index in [0.29, 0.717) is 5.56 Å². The molecule has 0 aliphatic heterocycles. The number of aromatic nitrogens is 1. The van der Waals surface area contributed by atoms with Crippen molar-refractivity contribution in [3.63, 3.8) is 0 Å². The van der Waals surface area contributed by atoms with Gasteiger partial charge in [0.2, 0.25) is 0 Å².